The van der Waals surface area contributed by atoms with Crippen molar-refractivity contribution in [3.63, 3.8) is 0 Å². The maximum Gasteiger partial charge on any atom is 0.573 e. The fourth-order valence-electron chi connectivity index (χ4n) is 2.96. The normalized spacial score (nSPS) is 17.8. The summed E-state index contributed by atoms with van der Waals surface area (Å²) in [5.41, 5.74) is 3.94. The van der Waals surface area contributed by atoms with E-state index in [1.54, 1.807) is 18.2 Å². The fraction of sp³-hybridized carbons (Fsp3) is 0.333. The van der Waals surface area contributed by atoms with Crippen LogP contribution in [0.3, 0.4) is 0 Å². The number of hydrogen-bond acceptors (Lipinski definition) is 5. The minimum absolute atomic E-state index is 0.223. The molecule has 27 heavy (non-hydrogen) atoms. The van der Waals surface area contributed by atoms with E-state index in [-0.39, 0.29) is 22.5 Å². The van der Waals surface area contributed by atoms with Gasteiger partial charge in [-0.3, -0.25) is 15.9 Å². The zero-order valence-corrected chi connectivity index (χ0v) is 15.0. The standard InChI is InChI=1S/C18H19ClF3N3O2/c19-15-11-12(24-25(26)17-7-3-4-10-23-17)8-9-13(15)14-5-1-2-6-16(14)27-18(20,21)22/h1-2,5-6,8-9,11,17,23-24,26H,3-4,7,10H2. The number of benzene rings is 2. The topological polar surface area (TPSA) is 56.8 Å². The number of hydrazine groups is 1. The zero-order valence-electron chi connectivity index (χ0n) is 14.3. The molecule has 0 radical (unpaired) electrons. The first-order valence-electron chi connectivity index (χ1n) is 8.46. The monoisotopic (exact) mass is 401 g/mol. The number of anilines is 1. The highest BCUT2D eigenvalue weighted by atomic mass is 35.5. The second kappa shape index (κ2) is 8.35. The summed E-state index contributed by atoms with van der Waals surface area (Å²) in [4.78, 5) is 0. The number of ether oxygens (including phenoxy) is 1. The van der Waals surface area contributed by atoms with Crippen LogP contribution >= 0.6 is 11.6 Å². The number of halogens is 4. The minimum Gasteiger partial charge on any atom is -0.405 e. The number of nitrogens with zero attached hydrogens (tertiary/aromatic N) is 1. The van der Waals surface area contributed by atoms with Crippen molar-refractivity contribution in [3.8, 4) is 16.9 Å². The third-order valence-corrected chi connectivity index (χ3v) is 4.51. The highest BCUT2D eigenvalue weighted by Crippen LogP contribution is 2.38. The van der Waals surface area contributed by atoms with Gasteiger partial charge in [-0.05, 0) is 44.0 Å². The number of para-hydroxylation sites is 1. The van der Waals surface area contributed by atoms with Crippen LogP contribution in [0, 0.1) is 0 Å². The zero-order chi connectivity index (χ0) is 19.4. The van der Waals surface area contributed by atoms with Crippen molar-refractivity contribution in [3.05, 3.63) is 47.5 Å². The number of rotatable bonds is 5. The van der Waals surface area contributed by atoms with Crippen LogP contribution in [0.5, 0.6) is 5.75 Å². The average Bonchev–Trinajstić information content (AvgIpc) is 2.62. The predicted octanol–water partition coefficient (Wildman–Crippen LogP) is 5.02. The van der Waals surface area contributed by atoms with E-state index in [1.165, 1.54) is 24.3 Å². The number of piperidine rings is 1. The molecule has 1 atom stereocenters. The number of hydrogen-bond donors (Lipinski definition) is 3. The van der Waals surface area contributed by atoms with Gasteiger partial charge in [0.15, 0.2) is 0 Å². The lowest BCUT2D eigenvalue weighted by Gasteiger charge is -2.30. The average molecular weight is 402 g/mol. The summed E-state index contributed by atoms with van der Waals surface area (Å²) in [5, 5.41) is 14.5. The maximum absolute atomic E-state index is 12.6. The number of nitrogens with one attached hydrogen (secondary N) is 2. The number of hydroxylamine groups is 1. The first-order valence-corrected chi connectivity index (χ1v) is 8.84. The molecule has 146 valence electrons. The Balaban J connectivity index is 1.79. The van der Waals surface area contributed by atoms with Crippen LogP contribution in [-0.4, -0.2) is 29.5 Å². The quantitative estimate of drug-likeness (QED) is 0.614. The van der Waals surface area contributed by atoms with Crippen LogP contribution in [0.1, 0.15) is 19.3 Å². The Kier molecular flexibility index (Phi) is 6.11. The Labute approximate surface area is 159 Å². The van der Waals surface area contributed by atoms with Gasteiger partial charge >= 0.3 is 6.36 Å². The van der Waals surface area contributed by atoms with Gasteiger partial charge in [0, 0.05) is 11.1 Å². The molecule has 5 nitrogen and oxygen atoms in total. The Bertz CT molecular complexity index is 783. The molecule has 0 bridgehead atoms. The van der Waals surface area contributed by atoms with Crippen LogP contribution in [0.4, 0.5) is 18.9 Å². The first-order chi connectivity index (χ1) is 12.8. The van der Waals surface area contributed by atoms with E-state index in [1.807, 2.05) is 0 Å². The molecule has 1 aliphatic rings. The van der Waals surface area contributed by atoms with Crippen molar-refractivity contribution in [2.45, 2.75) is 31.8 Å². The summed E-state index contributed by atoms with van der Waals surface area (Å²) >= 11 is 6.28. The maximum atomic E-state index is 12.6. The third-order valence-electron chi connectivity index (χ3n) is 4.20. The summed E-state index contributed by atoms with van der Waals surface area (Å²) < 4.78 is 41.9. The molecule has 1 unspecified atom stereocenters. The van der Waals surface area contributed by atoms with Crippen molar-refractivity contribution in [2.75, 3.05) is 12.0 Å². The minimum atomic E-state index is -4.80. The molecule has 3 N–H and O–H groups in total. The van der Waals surface area contributed by atoms with Crippen molar-refractivity contribution in [1.82, 2.24) is 10.5 Å². The highest BCUT2D eigenvalue weighted by molar-refractivity contribution is 6.33. The summed E-state index contributed by atoms with van der Waals surface area (Å²) in [7, 11) is 0. The summed E-state index contributed by atoms with van der Waals surface area (Å²) in [6, 6.07) is 10.5. The van der Waals surface area contributed by atoms with Crippen molar-refractivity contribution in [2.24, 2.45) is 0 Å². The smallest absolute Gasteiger partial charge is 0.405 e. The molecule has 0 aromatic heterocycles. The van der Waals surface area contributed by atoms with Crippen molar-refractivity contribution >= 4 is 17.3 Å². The molecule has 1 saturated heterocycles. The van der Waals surface area contributed by atoms with Gasteiger partial charge in [-0.15, -0.1) is 13.2 Å². The summed E-state index contributed by atoms with van der Waals surface area (Å²) in [5.74, 6) is -0.331. The first kappa shape index (κ1) is 19.8. The lowest BCUT2D eigenvalue weighted by atomic mass is 10.0. The molecule has 1 aliphatic heterocycles. The molecule has 9 heteroatoms. The van der Waals surface area contributed by atoms with Gasteiger partial charge in [0.05, 0.1) is 10.7 Å². The second-order valence-electron chi connectivity index (χ2n) is 6.16. The molecule has 3 rings (SSSR count). The molecule has 0 saturated carbocycles. The molecular weight excluding hydrogens is 383 g/mol. The number of alkyl halides is 3. The second-order valence-corrected chi connectivity index (χ2v) is 6.57. The van der Waals surface area contributed by atoms with Gasteiger partial charge < -0.3 is 4.74 Å². The lowest BCUT2D eigenvalue weighted by molar-refractivity contribution is -0.274. The SMILES string of the molecule is ON(Nc1ccc(-c2ccccc2OC(F)(F)F)c(Cl)c1)C1CCCCN1. The Morgan fingerprint density at radius 1 is 1.15 bits per heavy atom. The fourth-order valence-corrected chi connectivity index (χ4v) is 3.24. The van der Waals surface area contributed by atoms with Gasteiger partial charge in [0.1, 0.15) is 11.9 Å². The Hall–Kier alpha value is -2.00. The molecule has 2 aromatic rings. The van der Waals surface area contributed by atoms with Gasteiger partial charge in [-0.25, -0.2) is 0 Å². The van der Waals surface area contributed by atoms with Gasteiger partial charge in [0.2, 0.25) is 0 Å². The van der Waals surface area contributed by atoms with Gasteiger partial charge in [-0.1, -0.05) is 41.0 Å². The van der Waals surface area contributed by atoms with E-state index in [0.717, 1.165) is 31.0 Å². The van der Waals surface area contributed by atoms with Gasteiger partial charge in [0.25, 0.3) is 0 Å². The summed E-state index contributed by atoms with van der Waals surface area (Å²) in [6.07, 6.45) is -2.17. The van der Waals surface area contributed by atoms with Crippen molar-refractivity contribution < 1.29 is 23.1 Å². The summed E-state index contributed by atoms with van der Waals surface area (Å²) in [6.45, 7) is 0.819. The Morgan fingerprint density at radius 2 is 1.93 bits per heavy atom. The molecule has 0 spiro atoms. The van der Waals surface area contributed by atoms with E-state index in [9.17, 15) is 18.4 Å². The predicted molar refractivity (Wildman–Crippen MR) is 96.5 cm³/mol. The molecule has 2 aromatic carbocycles. The van der Waals surface area contributed by atoms with Crippen LogP contribution in [0.25, 0.3) is 11.1 Å². The molecule has 1 heterocycles. The molecule has 1 fully saturated rings. The molecular formula is C18H19ClF3N3O2. The van der Waals surface area contributed by atoms with Crippen LogP contribution < -0.4 is 15.5 Å². The van der Waals surface area contributed by atoms with Crippen molar-refractivity contribution in [1.29, 1.82) is 0 Å². The van der Waals surface area contributed by atoms with Crippen LogP contribution in [-0.2, 0) is 0 Å². The van der Waals surface area contributed by atoms with E-state index in [0.29, 0.717) is 11.3 Å². The van der Waals surface area contributed by atoms with E-state index >= 15 is 0 Å². The van der Waals surface area contributed by atoms with Gasteiger partial charge in [-0.2, -0.15) is 0 Å². The molecule has 0 amide bonds. The highest BCUT2D eigenvalue weighted by Gasteiger charge is 2.32. The molecule has 0 aliphatic carbocycles. The third kappa shape index (κ3) is 5.26. The Morgan fingerprint density at radius 3 is 2.59 bits per heavy atom. The lowest BCUT2D eigenvalue weighted by Crippen LogP contribution is -2.49. The van der Waals surface area contributed by atoms with E-state index in [4.69, 9.17) is 11.6 Å². The van der Waals surface area contributed by atoms with E-state index in [2.05, 4.69) is 15.5 Å². The van der Waals surface area contributed by atoms with Crippen LogP contribution in [0.15, 0.2) is 42.5 Å². The largest absolute Gasteiger partial charge is 0.573 e. The van der Waals surface area contributed by atoms with Crippen LogP contribution in [0.2, 0.25) is 5.02 Å². The van der Waals surface area contributed by atoms with E-state index < -0.39 is 6.36 Å².